The zero-order valence-corrected chi connectivity index (χ0v) is 9.53. The molecule has 1 aromatic heterocycles. The van der Waals surface area contributed by atoms with E-state index in [1.165, 1.54) is 17.4 Å². The van der Waals surface area contributed by atoms with Crippen molar-refractivity contribution in [2.75, 3.05) is 0 Å². The highest BCUT2D eigenvalue weighted by Crippen LogP contribution is 2.05. The minimum atomic E-state index is -0.934. The summed E-state index contributed by atoms with van der Waals surface area (Å²) in [6.45, 7) is 1.64. The summed E-state index contributed by atoms with van der Waals surface area (Å²) in [5.41, 5.74) is 0. The lowest BCUT2D eigenvalue weighted by atomic mass is 10.2. The summed E-state index contributed by atoms with van der Waals surface area (Å²) in [6, 6.07) is -0.383. The van der Waals surface area contributed by atoms with E-state index in [1.807, 2.05) is 5.38 Å². The van der Waals surface area contributed by atoms with Gasteiger partial charge in [-0.3, -0.25) is 9.59 Å². The van der Waals surface area contributed by atoms with E-state index in [0.29, 0.717) is 0 Å². The average molecular weight is 240 g/mol. The molecule has 6 heteroatoms. The van der Waals surface area contributed by atoms with E-state index >= 15 is 0 Å². The number of thiazole rings is 1. The van der Waals surface area contributed by atoms with Crippen LogP contribution in [-0.2, 0) is 9.59 Å². The number of carbonyl (C=O) groups is 2. The maximum atomic E-state index is 11.3. The molecule has 0 aromatic carbocycles. The van der Waals surface area contributed by atoms with Crippen molar-refractivity contribution in [3.8, 4) is 0 Å². The number of nitrogens with zero attached hydrogens (tertiary/aromatic N) is 1. The molecule has 1 heterocycles. The first-order valence-corrected chi connectivity index (χ1v) is 5.55. The van der Waals surface area contributed by atoms with Gasteiger partial charge in [0.2, 0.25) is 5.91 Å². The number of hydrogen-bond donors (Lipinski definition) is 2. The van der Waals surface area contributed by atoms with E-state index in [4.69, 9.17) is 5.11 Å². The van der Waals surface area contributed by atoms with Crippen molar-refractivity contribution in [1.82, 2.24) is 10.3 Å². The number of amides is 1. The first-order valence-electron chi connectivity index (χ1n) is 4.68. The van der Waals surface area contributed by atoms with Gasteiger partial charge in [0.25, 0.3) is 0 Å². The molecule has 1 amide bonds. The zero-order chi connectivity index (χ0) is 12.0. The number of nitrogens with one attached hydrogen (secondary N) is 1. The highest BCUT2D eigenvalue weighted by atomic mass is 32.1. The van der Waals surface area contributed by atoms with Gasteiger partial charge in [0, 0.05) is 23.7 Å². The van der Waals surface area contributed by atoms with Gasteiger partial charge in [0.05, 0.1) is 6.42 Å². The lowest BCUT2D eigenvalue weighted by Crippen LogP contribution is -2.32. The Balaban J connectivity index is 2.38. The smallest absolute Gasteiger partial charge is 0.305 e. The molecule has 0 unspecified atom stereocenters. The van der Waals surface area contributed by atoms with Gasteiger partial charge in [-0.25, -0.2) is 4.98 Å². The van der Waals surface area contributed by atoms with E-state index < -0.39 is 5.97 Å². The Morgan fingerprint density at radius 3 is 3.00 bits per heavy atom. The summed E-state index contributed by atoms with van der Waals surface area (Å²) in [5.74, 6) is -1.25. The predicted octanol–water partition coefficient (Wildman–Crippen LogP) is 1.14. The standard InChI is InChI=1S/C10H12N2O3S/c1-7(6-10(14)15)12-8(13)2-3-9-11-4-5-16-9/h2-5,7H,6H2,1H3,(H,12,13)(H,14,15)/b3-2+/t7-/m1/s1. The topological polar surface area (TPSA) is 79.3 Å². The van der Waals surface area contributed by atoms with Gasteiger partial charge in [-0.1, -0.05) is 0 Å². The molecule has 1 rings (SSSR count). The molecular weight excluding hydrogens is 228 g/mol. The summed E-state index contributed by atoms with van der Waals surface area (Å²) in [5, 5.41) is 13.6. The predicted molar refractivity (Wildman–Crippen MR) is 61.0 cm³/mol. The number of aromatic nitrogens is 1. The van der Waals surface area contributed by atoms with Gasteiger partial charge in [-0.2, -0.15) is 0 Å². The van der Waals surface area contributed by atoms with Crippen LogP contribution in [0.5, 0.6) is 0 Å². The van der Waals surface area contributed by atoms with Crippen molar-refractivity contribution in [2.45, 2.75) is 19.4 Å². The van der Waals surface area contributed by atoms with Gasteiger partial charge >= 0.3 is 5.97 Å². The van der Waals surface area contributed by atoms with Gasteiger partial charge < -0.3 is 10.4 Å². The van der Waals surface area contributed by atoms with Crippen LogP contribution in [0.25, 0.3) is 6.08 Å². The molecular formula is C10H12N2O3S. The summed E-state index contributed by atoms with van der Waals surface area (Å²) >= 11 is 1.42. The number of hydrogen-bond acceptors (Lipinski definition) is 4. The lowest BCUT2D eigenvalue weighted by Gasteiger charge is -2.08. The number of carbonyl (C=O) groups excluding carboxylic acids is 1. The van der Waals surface area contributed by atoms with Crippen LogP contribution in [0.4, 0.5) is 0 Å². The van der Waals surface area contributed by atoms with E-state index in [1.54, 1.807) is 19.2 Å². The molecule has 0 bridgehead atoms. The Kier molecular flexibility index (Phi) is 4.65. The maximum absolute atomic E-state index is 11.3. The van der Waals surface area contributed by atoms with Crippen molar-refractivity contribution in [1.29, 1.82) is 0 Å². The Morgan fingerprint density at radius 2 is 2.44 bits per heavy atom. The quantitative estimate of drug-likeness (QED) is 0.756. The first-order chi connectivity index (χ1) is 7.58. The van der Waals surface area contributed by atoms with Crippen LogP contribution in [-0.4, -0.2) is 28.0 Å². The van der Waals surface area contributed by atoms with Crippen LogP contribution in [0, 0.1) is 0 Å². The SMILES string of the molecule is C[C@H](CC(=O)O)NC(=O)/C=C/c1nccs1. The van der Waals surface area contributed by atoms with Gasteiger partial charge in [-0.15, -0.1) is 11.3 Å². The van der Waals surface area contributed by atoms with Gasteiger partial charge in [-0.05, 0) is 13.0 Å². The molecule has 1 atom stereocenters. The van der Waals surface area contributed by atoms with Crippen LogP contribution >= 0.6 is 11.3 Å². The molecule has 86 valence electrons. The third kappa shape index (κ3) is 4.70. The second-order valence-electron chi connectivity index (χ2n) is 3.21. The lowest BCUT2D eigenvalue weighted by molar-refractivity contribution is -0.137. The molecule has 0 radical (unpaired) electrons. The summed E-state index contributed by atoms with van der Waals surface area (Å²) < 4.78 is 0. The molecule has 0 aliphatic heterocycles. The zero-order valence-electron chi connectivity index (χ0n) is 8.71. The first kappa shape index (κ1) is 12.4. The fourth-order valence-corrected chi connectivity index (χ4v) is 1.60. The van der Waals surface area contributed by atoms with Crippen LogP contribution < -0.4 is 5.32 Å². The summed E-state index contributed by atoms with van der Waals surface area (Å²) in [6.07, 6.45) is 4.50. The monoisotopic (exact) mass is 240 g/mol. The van der Waals surface area contributed by atoms with Crippen LogP contribution in [0.2, 0.25) is 0 Å². The van der Waals surface area contributed by atoms with E-state index in [0.717, 1.165) is 5.01 Å². The molecule has 1 aromatic rings. The van der Waals surface area contributed by atoms with Crippen molar-refractivity contribution < 1.29 is 14.7 Å². The van der Waals surface area contributed by atoms with Crippen molar-refractivity contribution in [3.05, 3.63) is 22.7 Å². The third-order valence-electron chi connectivity index (χ3n) is 1.70. The second-order valence-corrected chi connectivity index (χ2v) is 4.14. The Hall–Kier alpha value is -1.69. The fraction of sp³-hybridized carbons (Fsp3) is 0.300. The molecule has 0 aliphatic rings. The third-order valence-corrected chi connectivity index (χ3v) is 2.44. The minimum Gasteiger partial charge on any atom is -0.481 e. The molecule has 16 heavy (non-hydrogen) atoms. The summed E-state index contributed by atoms with van der Waals surface area (Å²) in [4.78, 5) is 25.6. The molecule has 0 saturated carbocycles. The highest BCUT2D eigenvalue weighted by Gasteiger charge is 2.08. The van der Waals surface area contributed by atoms with Gasteiger partial charge in [0.1, 0.15) is 5.01 Å². The molecule has 2 N–H and O–H groups in total. The molecule has 5 nitrogen and oxygen atoms in total. The van der Waals surface area contributed by atoms with E-state index in [2.05, 4.69) is 10.3 Å². The second kappa shape index (κ2) is 6.02. The van der Waals surface area contributed by atoms with Crippen molar-refractivity contribution in [2.24, 2.45) is 0 Å². The molecule has 0 aliphatic carbocycles. The highest BCUT2D eigenvalue weighted by molar-refractivity contribution is 7.10. The average Bonchev–Trinajstić information content (AvgIpc) is 2.65. The van der Waals surface area contributed by atoms with Crippen LogP contribution in [0.1, 0.15) is 18.4 Å². The number of carboxylic acids is 1. The van der Waals surface area contributed by atoms with E-state index in [9.17, 15) is 9.59 Å². The van der Waals surface area contributed by atoms with Crippen LogP contribution in [0.15, 0.2) is 17.7 Å². The number of rotatable bonds is 5. The maximum Gasteiger partial charge on any atom is 0.305 e. The number of aliphatic carboxylic acids is 1. The van der Waals surface area contributed by atoms with Crippen molar-refractivity contribution in [3.63, 3.8) is 0 Å². The molecule has 0 fully saturated rings. The normalized spacial score (nSPS) is 12.6. The van der Waals surface area contributed by atoms with E-state index in [-0.39, 0.29) is 18.4 Å². The fourth-order valence-electron chi connectivity index (χ4n) is 1.07. The Labute approximate surface area is 96.8 Å². The molecule has 0 spiro atoms. The van der Waals surface area contributed by atoms with Crippen molar-refractivity contribution >= 4 is 29.3 Å². The minimum absolute atomic E-state index is 0.0865. The number of carboxylic acid groups (broad SMARTS) is 1. The Bertz CT molecular complexity index is 387. The molecule has 0 saturated heterocycles. The largest absolute Gasteiger partial charge is 0.481 e. The summed E-state index contributed by atoms with van der Waals surface area (Å²) in [7, 11) is 0. The Morgan fingerprint density at radius 1 is 1.69 bits per heavy atom. The van der Waals surface area contributed by atoms with Crippen LogP contribution in [0.3, 0.4) is 0 Å². The van der Waals surface area contributed by atoms with Gasteiger partial charge in [0.15, 0.2) is 0 Å².